The van der Waals surface area contributed by atoms with E-state index in [1.807, 2.05) is 0 Å². The summed E-state index contributed by atoms with van der Waals surface area (Å²) in [5.41, 5.74) is -0.404. The number of carboxylic acids is 1. The van der Waals surface area contributed by atoms with E-state index in [9.17, 15) is 9.59 Å². The Kier molecular flexibility index (Phi) is 6.02. The van der Waals surface area contributed by atoms with Crippen LogP contribution in [0.25, 0.3) is 0 Å². The van der Waals surface area contributed by atoms with Gasteiger partial charge in [-0.15, -0.1) is 0 Å². The van der Waals surface area contributed by atoms with Gasteiger partial charge in [0, 0.05) is 6.54 Å². The Morgan fingerprint density at radius 3 is 2.52 bits per heavy atom. The lowest BCUT2D eigenvalue weighted by atomic mass is 10.2. The van der Waals surface area contributed by atoms with E-state index in [1.54, 1.807) is 39.0 Å². The average molecular weight is 295 g/mol. The summed E-state index contributed by atoms with van der Waals surface area (Å²) < 4.78 is 10.5. The Balaban J connectivity index is 2.29. The molecule has 0 aliphatic rings. The molecule has 0 radical (unpaired) electrons. The third-order valence-corrected chi connectivity index (χ3v) is 2.36. The molecule has 1 amide bonds. The second-order valence-electron chi connectivity index (χ2n) is 5.43. The van der Waals surface area contributed by atoms with Crippen LogP contribution in [-0.4, -0.2) is 35.9 Å². The highest BCUT2D eigenvalue weighted by Crippen LogP contribution is 2.17. The van der Waals surface area contributed by atoms with Crippen LogP contribution in [0.5, 0.6) is 5.75 Å². The molecule has 0 fully saturated rings. The number of aromatic carboxylic acids is 1. The summed E-state index contributed by atoms with van der Waals surface area (Å²) in [7, 11) is 0. The smallest absolute Gasteiger partial charge is 0.407 e. The Morgan fingerprint density at radius 2 is 1.90 bits per heavy atom. The maximum atomic E-state index is 11.4. The van der Waals surface area contributed by atoms with Crippen molar-refractivity contribution in [1.82, 2.24) is 5.32 Å². The molecule has 0 aliphatic carbocycles. The third kappa shape index (κ3) is 6.65. The fourth-order valence-corrected chi connectivity index (χ4v) is 1.53. The first-order valence-electron chi connectivity index (χ1n) is 6.71. The van der Waals surface area contributed by atoms with E-state index in [2.05, 4.69) is 5.32 Å². The van der Waals surface area contributed by atoms with E-state index in [4.69, 9.17) is 14.6 Å². The summed E-state index contributed by atoms with van der Waals surface area (Å²) in [5, 5.41) is 11.6. The lowest BCUT2D eigenvalue weighted by Gasteiger charge is -2.19. The Morgan fingerprint density at radius 1 is 1.24 bits per heavy atom. The van der Waals surface area contributed by atoms with Gasteiger partial charge in [-0.25, -0.2) is 9.59 Å². The first-order valence-corrected chi connectivity index (χ1v) is 6.71. The van der Waals surface area contributed by atoms with Gasteiger partial charge < -0.3 is 19.9 Å². The zero-order valence-electron chi connectivity index (χ0n) is 12.5. The van der Waals surface area contributed by atoms with Gasteiger partial charge in [-0.05, 0) is 39.3 Å². The van der Waals surface area contributed by atoms with Crippen LogP contribution in [0.3, 0.4) is 0 Å². The summed E-state index contributed by atoms with van der Waals surface area (Å²) in [6, 6.07) is 6.43. The molecular weight excluding hydrogens is 274 g/mol. The van der Waals surface area contributed by atoms with Crippen molar-refractivity contribution < 1.29 is 24.2 Å². The third-order valence-electron chi connectivity index (χ3n) is 2.36. The van der Waals surface area contributed by atoms with E-state index in [0.29, 0.717) is 25.3 Å². The minimum absolute atomic E-state index is 0.123. The SMILES string of the molecule is CC(C)(C)OC(=O)NCCCOc1ccccc1C(=O)O. The van der Waals surface area contributed by atoms with Crippen molar-refractivity contribution in [2.75, 3.05) is 13.2 Å². The fraction of sp³-hybridized carbons (Fsp3) is 0.467. The Labute approximate surface area is 124 Å². The van der Waals surface area contributed by atoms with Crippen molar-refractivity contribution in [3.05, 3.63) is 29.8 Å². The van der Waals surface area contributed by atoms with Crippen LogP contribution in [0.2, 0.25) is 0 Å². The molecule has 0 aliphatic heterocycles. The number of carboxylic acid groups (broad SMARTS) is 1. The highest BCUT2D eigenvalue weighted by Gasteiger charge is 2.15. The van der Waals surface area contributed by atoms with Crippen molar-refractivity contribution >= 4 is 12.1 Å². The quantitative estimate of drug-likeness (QED) is 0.788. The average Bonchev–Trinajstić information content (AvgIpc) is 2.36. The van der Waals surface area contributed by atoms with E-state index in [0.717, 1.165) is 0 Å². The zero-order chi connectivity index (χ0) is 15.9. The topological polar surface area (TPSA) is 84.9 Å². The van der Waals surface area contributed by atoms with Gasteiger partial charge in [0.1, 0.15) is 16.9 Å². The zero-order valence-corrected chi connectivity index (χ0v) is 12.5. The monoisotopic (exact) mass is 295 g/mol. The number of carbonyl (C=O) groups excluding carboxylic acids is 1. The highest BCUT2D eigenvalue weighted by atomic mass is 16.6. The molecule has 116 valence electrons. The Hall–Kier alpha value is -2.24. The molecular formula is C15H21NO5. The van der Waals surface area contributed by atoms with Crippen LogP contribution in [0.15, 0.2) is 24.3 Å². The van der Waals surface area contributed by atoms with E-state index in [1.165, 1.54) is 6.07 Å². The first-order chi connectivity index (χ1) is 9.79. The highest BCUT2D eigenvalue weighted by molar-refractivity contribution is 5.90. The van der Waals surface area contributed by atoms with Gasteiger partial charge in [-0.3, -0.25) is 0 Å². The number of hydrogen-bond acceptors (Lipinski definition) is 4. The molecule has 2 N–H and O–H groups in total. The van der Waals surface area contributed by atoms with Crippen LogP contribution in [0, 0.1) is 0 Å². The molecule has 6 heteroatoms. The largest absolute Gasteiger partial charge is 0.493 e. The van der Waals surface area contributed by atoms with Gasteiger partial charge >= 0.3 is 12.1 Å². The molecule has 0 atom stereocenters. The van der Waals surface area contributed by atoms with Crippen molar-refractivity contribution in [3.8, 4) is 5.75 Å². The van der Waals surface area contributed by atoms with Crippen LogP contribution in [-0.2, 0) is 4.74 Å². The summed E-state index contributed by atoms with van der Waals surface area (Å²) in [4.78, 5) is 22.4. The maximum Gasteiger partial charge on any atom is 0.407 e. The second kappa shape index (κ2) is 7.52. The molecule has 0 heterocycles. The molecule has 0 spiro atoms. The number of rotatable bonds is 6. The van der Waals surface area contributed by atoms with Crippen LogP contribution >= 0.6 is 0 Å². The molecule has 0 unspecified atom stereocenters. The number of benzene rings is 1. The fourth-order valence-electron chi connectivity index (χ4n) is 1.53. The molecule has 0 aromatic heterocycles. The molecule has 1 aromatic carbocycles. The van der Waals surface area contributed by atoms with Crippen LogP contribution < -0.4 is 10.1 Å². The lowest BCUT2D eigenvalue weighted by molar-refractivity contribution is 0.0525. The standard InChI is InChI=1S/C15H21NO5/c1-15(2,3)21-14(19)16-9-6-10-20-12-8-5-4-7-11(12)13(17)18/h4-5,7-8H,6,9-10H2,1-3H3,(H,16,19)(H,17,18). The van der Waals surface area contributed by atoms with Crippen molar-refractivity contribution in [2.24, 2.45) is 0 Å². The predicted molar refractivity (Wildman–Crippen MR) is 77.8 cm³/mol. The molecule has 1 aromatic rings. The van der Waals surface area contributed by atoms with E-state index >= 15 is 0 Å². The normalized spacial score (nSPS) is 10.8. The summed E-state index contributed by atoms with van der Waals surface area (Å²) in [6.45, 7) is 6.07. The predicted octanol–water partition coefficient (Wildman–Crippen LogP) is 2.68. The Bertz CT molecular complexity index is 493. The lowest BCUT2D eigenvalue weighted by Crippen LogP contribution is -2.33. The number of ether oxygens (including phenoxy) is 2. The minimum Gasteiger partial charge on any atom is -0.493 e. The van der Waals surface area contributed by atoms with Crippen molar-refractivity contribution in [1.29, 1.82) is 0 Å². The minimum atomic E-state index is -1.03. The van der Waals surface area contributed by atoms with Crippen LogP contribution in [0.4, 0.5) is 4.79 Å². The first kappa shape index (κ1) is 16.8. The van der Waals surface area contributed by atoms with Gasteiger partial charge in [-0.1, -0.05) is 12.1 Å². The van der Waals surface area contributed by atoms with E-state index < -0.39 is 17.7 Å². The second-order valence-corrected chi connectivity index (χ2v) is 5.43. The molecule has 0 saturated carbocycles. The number of para-hydroxylation sites is 1. The number of amides is 1. The number of alkyl carbamates (subject to hydrolysis) is 1. The van der Waals surface area contributed by atoms with E-state index in [-0.39, 0.29) is 5.56 Å². The number of carbonyl (C=O) groups is 2. The molecule has 6 nitrogen and oxygen atoms in total. The molecule has 21 heavy (non-hydrogen) atoms. The summed E-state index contributed by atoms with van der Waals surface area (Å²) >= 11 is 0. The number of nitrogens with one attached hydrogen (secondary N) is 1. The van der Waals surface area contributed by atoms with Gasteiger partial charge in [0.05, 0.1) is 6.61 Å². The van der Waals surface area contributed by atoms with Crippen molar-refractivity contribution in [3.63, 3.8) is 0 Å². The van der Waals surface area contributed by atoms with Crippen LogP contribution in [0.1, 0.15) is 37.6 Å². The van der Waals surface area contributed by atoms with Gasteiger partial charge in [0.25, 0.3) is 0 Å². The van der Waals surface area contributed by atoms with Crippen molar-refractivity contribution in [2.45, 2.75) is 32.8 Å². The van der Waals surface area contributed by atoms with Gasteiger partial charge in [0.15, 0.2) is 0 Å². The molecule has 1 rings (SSSR count). The summed E-state index contributed by atoms with van der Waals surface area (Å²) in [5.74, 6) is -0.709. The molecule has 0 bridgehead atoms. The van der Waals surface area contributed by atoms with Gasteiger partial charge in [0.2, 0.25) is 0 Å². The number of hydrogen-bond donors (Lipinski definition) is 2. The maximum absolute atomic E-state index is 11.4. The van der Waals surface area contributed by atoms with Gasteiger partial charge in [-0.2, -0.15) is 0 Å². The summed E-state index contributed by atoms with van der Waals surface area (Å²) in [6.07, 6.45) is 0.0705. The molecule has 0 saturated heterocycles.